The molecule has 0 aliphatic carbocycles. The highest BCUT2D eigenvalue weighted by Crippen LogP contribution is 2.13. The largest absolute Gasteiger partial charge is 0.478 e. The molecule has 21 heavy (non-hydrogen) atoms. The number of amides is 1. The number of carboxylic acids is 1. The molecule has 0 aromatic heterocycles. The first-order chi connectivity index (χ1) is 10.1. The minimum atomic E-state index is -1.43. The van der Waals surface area contributed by atoms with Gasteiger partial charge in [0, 0.05) is 18.0 Å². The van der Waals surface area contributed by atoms with E-state index in [1.807, 2.05) is 0 Å². The number of carboxylic acid groups (broad SMARTS) is 1. The predicted octanol–water partition coefficient (Wildman–Crippen LogP) is 1.90. The Hall–Kier alpha value is -1.69. The van der Waals surface area contributed by atoms with Gasteiger partial charge in [-0.2, -0.15) is 0 Å². The Morgan fingerprint density at radius 3 is 2.14 bits per heavy atom. The molecule has 1 atom stereocenters. The van der Waals surface area contributed by atoms with Crippen LogP contribution in [0.2, 0.25) is 0 Å². The van der Waals surface area contributed by atoms with E-state index in [2.05, 4.69) is 0 Å². The van der Waals surface area contributed by atoms with Gasteiger partial charge in [0.05, 0.1) is 16.4 Å². The summed E-state index contributed by atoms with van der Waals surface area (Å²) < 4.78 is 12.2. The molecule has 0 radical (unpaired) electrons. The van der Waals surface area contributed by atoms with Crippen LogP contribution in [0.25, 0.3) is 0 Å². The van der Waals surface area contributed by atoms with Crippen LogP contribution in [0.4, 0.5) is 0 Å². The second kappa shape index (κ2) is 7.36. The second-order valence-electron chi connectivity index (χ2n) is 5.11. The van der Waals surface area contributed by atoms with Gasteiger partial charge in [-0.25, -0.2) is 4.79 Å². The van der Waals surface area contributed by atoms with E-state index in [1.54, 1.807) is 4.90 Å². The highest BCUT2D eigenvalue weighted by Gasteiger charge is 2.18. The fourth-order valence-corrected chi connectivity index (χ4v) is 3.37. The quantitative estimate of drug-likeness (QED) is 0.921. The minimum Gasteiger partial charge on any atom is -0.478 e. The Balaban J connectivity index is 1.96. The van der Waals surface area contributed by atoms with E-state index >= 15 is 0 Å². The van der Waals surface area contributed by atoms with Crippen molar-refractivity contribution in [2.45, 2.75) is 30.6 Å². The summed E-state index contributed by atoms with van der Waals surface area (Å²) in [6.07, 6.45) is 4.30. The number of rotatable bonds is 4. The Morgan fingerprint density at radius 1 is 1.05 bits per heavy atom. The van der Waals surface area contributed by atoms with Gasteiger partial charge in [0.1, 0.15) is 5.75 Å². The van der Waals surface area contributed by atoms with Crippen molar-refractivity contribution in [1.82, 2.24) is 4.90 Å². The number of aromatic carboxylic acids is 1. The van der Waals surface area contributed by atoms with Crippen molar-refractivity contribution in [2.24, 2.45) is 0 Å². The molecule has 0 bridgehead atoms. The molecular formula is C15H19NO4S. The maximum absolute atomic E-state index is 12.2. The molecule has 1 aliphatic rings. The molecule has 5 nitrogen and oxygen atoms in total. The zero-order chi connectivity index (χ0) is 15.2. The van der Waals surface area contributed by atoms with Crippen molar-refractivity contribution in [3.63, 3.8) is 0 Å². The third kappa shape index (κ3) is 4.39. The molecule has 1 fully saturated rings. The van der Waals surface area contributed by atoms with Crippen LogP contribution in [0.3, 0.4) is 0 Å². The fourth-order valence-electron chi connectivity index (χ4n) is 2.36. The van der Waals surface area contributed by atoms with E-state index in [9.17, 15) is 13.8 Å². The maximum Gasteiger partial charge on any atom is 0.335 e. The predicted molar refractivity (Wildman–Crippen MR) is 79.7 cm³/mol. The summed E-state index contributed by atoms with van der Waals surface area (Å²) in [5.41, 5.74) is 0.148. The van der Waals surface area contributed by atoms with Crippen LogP contribution in [0.1, 0.15) is 36.0 Å². The van der Waals surface area contributed by atoms with Gasteiger partial charge >= 0.3 is 5.97 Å². The Kier molecular flexibility index (Phi) is 5.50. The van der Waals surface area contributed by atoms with E-state index in [1.165, 1.54) is 24.3 Å². The lowest BCUT2D eigenvalue weighted by molar-refractivity contribution is -0.128. The van der Waals surface area contributed by atoms with E-state index in [0.717, 1.165) is 38.8 Å². The molecule has 1 aliphatic heterocycles. The summed E-state index contributed by atoms with van der Waals surface area (Å²) >= 11 is 0. The average molecular weight is 309 g/mol. The van der Waals surface area contributed by atoms with Gasteiger partial charge in [-0.1, -0.05) is 12.8 Å². The number of nitrogens with zero attached hydrogens (tertiary/aromatic N) is 1. The summed E-state index contributed by atoms with van der Waals surface area (Å²) in [4.78, 5) is 25.2. The monoisotopic (exact) mass is 309 g/mol. The fraction of sp³-hybridized carbons (Fsp3) is 0.467. The SMILES string of the molecule is O=C(O)c1ccc(S(=O)CC(=O)N2CCCCCC2)cc1. The lowest BCUT2D eigenvalue weighted by Gasteiger charge is -2.19. The van der Waals surface area contributed by atoms with Crippen molar-refractivity contribution in [2.75, 3.05) is 18.8 Å². The molecule has 1 N–H and O–H groups in total. The molecular weight excluding hydrogens is 290 g/mol. The maximum atomic E-state index is 12.2. The molecule has 1 aromatic carbocycles. The molecule has 1 aromatic rings. The number of carbonyl (C=O) groups excluding carboxylic acids is 1. The van der Waals surface area contributed by atoms with E-state index in [4.69, 9.17) is 5.11 Å². The smallest absolute Gasteiger partial charge is 0.335 e. The third-order valence-electron chi connectivity index (χ3n) is 3.58. The van der Waals surface area contributed by atoms with Crippen LogP contribution in [-0.4, -0.2) is 44.9 Å². The second-order valence-corrected chi connectivity index (χ2v) is 6.57. The normalized spacial score (nSPS) is 17.0. The molecule has 114 valence electrons. The van der Waals surface area contributed by atoms with Crippen molar-refractivity contribution >= 4 is 22.7 Å². The standard InChI is InChI=1S/C15H19NO4S/c17-14(16-9-3-1-2-4-10-16)11-21(20)13-7-5-12(6-8-13)15(18)19/h5-8H,1-4,9-11H2,(H,18,19). The van der Waals surface area contributed by atoms with Gasteiger partial charge < -0.3 is 10.0 Å². The van der Waals surface area contributed by atoms with Gasteiger partial charge in [-0.15, -0.1) is 0 Å². The number of hydrogen-bond donors (Lipinski definition) is 1. The first-order valence-corrected chi connectivity index (χ1v) is 8.39. The summed E-state index contributed by atoms with van der Waals surface area (Å²) in [5, 5.41) is 8.82. The first-order valence-electron chi connectivity index (χ1n) is 7.07. The van der Waals surface area contributed by atoms with E-state index in [0.29, 0.717) is 4.90 Å². The highest BCUT2D eigenvalue weighted by molar-refractivity contribution is 7.85. The molecule has 1 heterocycles. The average Bonchev–Trinajstić information content (AvgIpc) is 2.76. The van der Waals surface area contributed by atoms with Gasteiger partial charge in [0.2, 0.25) is 5.91 Å². The lowest BCUT2D eigenvalue weighted by Crippen LogP contribution is -2.35. The lowest BCUT2D eigenvalue weighted by atomic mass is 10.2. The highest BCUT2D eigenvalue weighted by atomic mass is 32.2. The van der Waals surface area contributed by atoms with Crippen LogP contribution in [0.5, 0.6) is 0 Å². The number of likely N-dealkylation sites (tertiary alicyclic amines) is 1. The van der Waals surface area contributed by atoms with Gasteiger partial charge in [0.15, 0.2) is 0 Å². The van der Waals surface area contributed by atoms with E-state index in [-0.39, 0.29) is 17.2 Å². The number of benzene rings is 1. The summed E-state index contributed by atoms with van der Waals surface area (Å²) in [5.74, 6) is -1.14. The zero-order valence-electron chi connectivity index (χ0n) is 11.8. The van der Waals surface area contributed by atoms with Gasteiger partial charge in [0.25, 0.3) is 0 Å². The van der Waals surface area contributed by atoms with Crippen molar-refractivity contribution in [3.8, 4) is 0 Å². The van der Waals surface area contributed by atoms with Crippen LogP contribution in [0, 0.1) is 0 Å². The Labute approximate surface area is 126 Å². The molecule has 0 spiro atoms. The molecule has 1 amide bonds. The van der Waals surface area contributed by atoms with Crippen LogP contribution < -0.4 is 0 Å². The molecule has 2 rings (SSSR count). The first kappa shape index (κ1) is 15.7. The van der Waals surface area contributed by atoms with Gasteiger partial charge in [-0.3, -0.25) is 9.00 Å². The van der Waals surface area contributed by atoms with Crippen LogP contribution in [-0.2, 0) is 15.6 Å². The summed E-state index contributed by atoms with van der Waals surface area (Å²) in [6.45, 7) is 1.49. The van der Waals surface area contributed by atoms with Crippen LogP contribution in [0.15, 0.2) is 29.2 Å². The zero-order valence-corrected chi connectivity index (χ0v) is 12.6. The van der Waals surface area contributed by atoms with Crippen molar-refractivity contribution in [1.29, 1.82) is 0 Å². The van der Waals surface area contributed by atoms with Crippen molar-refractivity contribution < 1.29 is 18.9 Å². The third-order valence-corrected chi connectivity index (χ3v) is 4.88. The molecule has 1 unspecified atom stereocenters. The molecule has 6 heteroatoms. The summed E-state index contributed by atoms with van der Waals surface area (Å²) in [6, 6.07) is 5.84. The summed E-state index contributed by atoms with van der Waals surface area (Å²) in [7, 11) is -1.43. The number of hydrogen-bond acceptors (Lipinski definition) is 3. The topological polar surface area (TPSA) is 74.7 Å². The Morgan fingerprint density at radius 2 is 1.62 bits per heavy atom. The van der Waals surface area contributed by atoms with Gasteiger partial charge in [-0.05, 0) is 37.1 Å². The Bertz CT molecular complexity index is 533. The molecule has 1 saturated heterocycles. The van der Waals surface area contributed by atoms with Crippen molar-refractivity contribution in [3.05, 3.63) is 29.8 Å². The van der Waals surface area contributed by atoms with E-state index < -0.39 is 16.8 Å². The minimum absolute atomic E-state index is 0.0353. The molecule has 0 saturated carbocycles. The van der Waals surface area contributed by atoms with Crippen LogP contribution >= 0.6 is 0 Å². The number of carbonyl (C=O) groups is 2.